The zero-order valence-corrected chi connectivity index (χ0v) is 25.8. The summed E-state index contributed by atoms with van der Waals surface area (Å²) in [6.07, 6.45) is 3.80. The number of carbonyl (C=O) groups is 4. The molecule has 42 heavy (non-hydrogen) atoms. The van der Waals surface area contributed by atoms with Crippen LogP contribution in [0.1, 0.15) is 95.4 Å². The molecule has 2 aromatic carbocycles. The summed E-state index contributed by atoms with van der Waals surface area (Å²) in [5.74, 6) is -1.41. The van der Waals surface area contributed by atoms with Crippen molar-refractivity contribution in [3.8, 4) is 0 Å². The smallest absolute Gasteiger partial charge is 0.408 e. The van der Waals surface area contributed by atoms with E-state index in [0.29, 0.717) is 25.1 Å². The minimum Gasteiger partial charge on any atom is -0.444 e. The predicted octanol–water partition coefficient (Wildman–Crippen LogP) is 5.31. The Kier molecular flexibility index (Phi) is 14.0. The van der Waals surface area contributed by atoms with Crippen molar-refractivity contribution in [1.29, 1.82) is 0 Å². The second kappa shape index (κ2) is 17.2. The van der Waals surface area contributed by atoms with Crippen LogP contribution in [0.15, 0.2) is 54.6 Å². The average Bonchev–Trinajstić information content (AvgIpc) is 2.93. The fraction of sp³-hybridized carbons (Fsp3) is 0.515. The second-order valence-corrected chi connectivity index (χ2v) is 11.7. The number of aryl methyl sites for hydroxylation is 1. The van der Waals surface area contributed by atoms with Gasteiger partial charge in [-0.05, 0) is 51.7 Å². The van der Waals surface area contributed by atoms with Gasteiger partial charge in [-0.1, -0.05) is 92.8 Å². The molecule has 4 amide bonds. The first kappa shape index (κ1) is 34.3. The lowest BCUT2D eigenvalue weighted by atomic mass is 9.99. The van der Waals surface area contributed by atoms with Crippen molar-refractivity contribution in [3.63, 3.8) is 0 Å². The number of ether oxygens (including phenoxy) is 1. The van der Waals surface area contributed by atoms with E-state index in [9.17, 15) is 19.2 Å². The molecule has 0 aliphatic rings. The summed E-state index contributed by atoms with van der Waals surface area (Å²) in [5, 5.41) is 5.64. The van der Waals surface area contributed by atoms with Gasteiger partial charge in [0.15, 0.2) is 0 Å². The number of rotatable bonds is 16. The van der Waals surface area contributed by atoms with Crippen LogP contribution in [-0.4, -0.2) is 46.9 Å². The molecule has 2 atom stereocenters. The van der Waals surface area contributed by atoms with E-state index in [2.05, 4.69) is 17.6 Å². The van der Waals surface area contributed by atoms with Gasteiger partial charge in [0.1, 0.15) is 17.7 Å². The molecule has 2 unspecified atom stereocenters. The standard InChI is InChI=1S/C33H48N4O5/c1-6-7-8-9-13-22-37(31(40)27(20-21-28(34)38)36-32(41)42-33(3,4)5)29(26-18-16-24(2)17-19-26)30(39)35-23-25-14-11-10-12-15-25/h10-12,14-19,27,29H,6-9,13,20-23H2,1-5H3,(H2,34,38)(H,35,39)(H,36,41). The molecule has 0 radical (unpaired) electrons. The molecule has 0 aliphatic carbocycles. The Morgan fingerprint density at radius 2 is 1.57 bits per heavy atom. The highest BCUT2D eigenvalue weighted by Gasteiger charge is 2.36. The first-order valence-corrected chi connectivity index (χ1v) is 14.9. The Bertz CT molecular complexity index is 1150. The van der Waals surface area contributed by atoms with Crippen molar-refractivity contribution in [3.05, 3.63) is 71.3 Å². The van der Waals surface area contributed by atoms with E-state index >= 15 is 0 Å². The van der Waals surface area contributed by atoms with Crippen LogP contribution in [0.2, 0.25) is 0 Å². The summed E-state index contributed by atoms with van der Waals surface area (Å²) in [5.41, 5.74) is 7.22. The molecule has 0 saturated heterocycles. The van der Waals surface area contributed by atoms with Crippen LogP contribution in [0.5, 0.6) is 0 Å². The van der Waals surface area contributed by atoms with Crippen LogP contribution < -0.4 is 16.4 Å². The Balaban J connectivity index is 2.47. The van der Waals surface area contributed by atoms with Gasteiger partial charge in [-0.3, -0.25) is 14.4 Å². The summed E-state index contributed by atoms with van der Waals surface area (Å²) in [4.78, 5) is 54.1. The van der Waals surface area contributed by atoms with E-state index in [-0.39, 0.29) is 18.7 Å². The van der Waals surface area contributed by atoms with Crippen molar-refractivity contribution in [2.75, 3.05) is 6.54 Å². The number of primary amides is 1. The predicted molar refractivity (Wildman–Crippen MR) is 164 cm³/mol. The van der Waals surface area contributed by atoms with E-state index in [1.807, 2.05) is 61.5 Å². The largest absolute Gasteiger partial charge is 0.444 e. The third-order valence-electron chi connectivity index (χ3n) is 6.72. The van der Waals surface area contributed by atoms with Gasteiger partial charge in [-0.15, -0.1) is 0 Å². The normalized spacial score (nSPS) is 12.6. The highest BCUT2D eigenvalue weighted by atomic mass is 16.6. The fourth-order valence-corrected chi connectivity index (χ4v) is 4.55. The fourth-order valence-electron chi connectivity index (χ4n) is 4.55. The third kappa shape index (κ3) is 12.3. The summed E-state index contributed by atoms with van der Waals surface area (Å²) in [6, 6.07) is 15.0. The Morgan fingerprint density at radius 1 is 0.929 bits per heavy atom. The summed E-state index contributed by atoms with van der Waals surface area (Å²) in [6.45, 7) is 9.84. The van der Waals surface area contributed by atoms with E-state index in [4.69, 9.17) is 10.5 Å². The number of hydrogen-bond acceptors (Lipinski definition) is 5. The molecule has 0 aliphatic heterocycles. The molecule has 2 aromatic rings. The molecule has 0 saturated carbocycles. The van der Waals surface area contributed by atoms with Crippen LogP contribution in [0.4, 0.5) is 4.79 Å². The summed E-state index contributed by atoms with van der Waals surface area (Å²) < 4.78 is 5.41. The maximum atomic E-state index is 14.3. The molecule has 9 heteroatoms. The van der Waals surface area contributed by atoms with Crippen molar-refractivity contribution in [1.82, 2.24) is 15.5 Å². The van der Waals surface area contributed by atoms with Crippen molar-refractivity contribution < 1.29 is 23.9 Å². The van der Waals surface area contributed by atoms with Crippen LogP contribution in [0.3, 0.4) is 0 Å². The zero-order valence-electron chi connectivity index (χ0n) is 25.8. The molecular formula is C33H48N4O5. The quantitative estimate of drug-likeness (QED) is 0.232. The van der Waals surface area contributed by atoms with Gasteiger partial charge < -0.3 is 26.0 Å². The number of unbranched alkanes of at least 4 members (excludes halogenated alkanes) is 4. The number of alkyl carbamates (subject to hydrolysis) is 1. The van der Waals surface area contributed by atoms with Gasteiger partial charge in [0.2, 0.25) is 17.7 Å². The molecule has 9 nitrogen and oxygen atoms in total. The monoisotopic (exact) mass is 580 g/mol. The van der Waals surface area contributed by atoms with Crippen LogP contribution >= 0.6 is 0 Å². The average molecular weight is 581 g/mol. The van der Waals surface area contributed by atoms with Gasteiger partial charge in [-0.2, -0.15) is 0 Å². The number of benzene rings is 2. The minimum absolute atomic E-state index is 0.0218. The molecule has 2 rings (SSSR count). The van der Waals surface area contributed by atoms with Crippen LogP contribution in [0.25, 0.3) is 0 Å². The number of amides is 4. The number of nitrogens with zero attached hydrogens (tertiary/aromatic N) is 1. The summed E-state index contributed by atoms with van der Waals surface area (Å²) >= 11 is 0. The zero-order chi connectivity index (χ0) is 31.1. The lowest BCUT2D eigenvalue weighted by Crippen LogP contribution is -2.53. The minimum atomic E-state index is -1.11. The third-order valence-corrected chi connectivity index (χ3v) is 6.72. The number of carbonyl (C=O) groups excluding carboxylic acids is 4. The first-order valence-electron chi connectivity index (χ1n) is 14.9. The lowest BCUT2D eigenvalue weighted by molar-refractivity contribution is -0.143. The van der Waals surface area contributed by atoms with Crippen LogP contribution in [0, 0.1) is 6.92 Å². The molecule has 0 aromatic heterocycles. The second-order valence-electron chi connectivity index (χ2n) is 11.7. The molecule has 0 bridgehead atoms. The van der Waals surface area contributed by atoms with E-state index < -0.39 is 35.6 Å². The van der Waals surface area contributed by atoms with E-state index in [1.54, 1.807) is 20.8 Å². The van der Waals surface area contributed by atoms with Crippen molar-refractivity contribution in [2.45, 2.75) is 104 Å². The van der Waals surface area contributed by atoms with Crippen molar-refractivity contribution in [2.24, 2.45) is 5.73 Å². The van der Waals surface area contributed by atoms with E-state index in [1.165, 1.54) is 4.90 Å². The Morgan fingerprint density at radius 3 is 2.17 bits per heavy atom. The maximum Gasteiger partial charge on any atom is 0.408 e. The number of nitrogens with two attached hydrogens (primary N) is 1. The van der Waals surface area contributed by atoms with Crippen LogP contribution in [-0.2, 0) is 25.7 Å². The van der Waals surface area contributed by atoms with E-state index in [0.717, 1.165) is 36.8 Å². The topological polar surface area (TPSA) is 131 Å². The lowest BCUT2D eigenvalue weighted by Gasteiger charge is -2.34. The Labute approximate surface area is 250 Å². The molecule has 0 spiro atoms. The molecule has 4 N–H and O–H groups in total. The highest BCUT2D eigenvalue weighted by Crippen LogP contribution is 2.25. The SMILES string of the molecule is CCCCCCCN(C(=O)C(CCC(N)=O)NC(=O)OC(C)(C)C)C(C(=O)NCc1ccccc1)c1ccc(C)cc1. The molecule has 0 heterocycles. The Hall–Kier alpha value is -3.88. The summed E-state index contributed by atoms with van der Waals surface area (Å²) in [7, 11) is 0. The first-order chi connectivity index (χ1) is 19.9. The van der Waals surface area contributed by atoms with Gasteiger partial charge in [0, 0.05) is 19.5 Å². The van der Waals surface area contributed by atoms with Gasteiger partial charge in [-0.25, -0.2) is 4.79 Å². The number of nitrogens with one attached hydrogen (secondary N) is 2. The van der Waals surface area contributed by atoms with Crippen molar-refractivity contribution >= 4 is 23.8 Å². The number of hydrogen-bond donors (Lipinski definition) is 3. The molecule has 0 fully saturated rings. The highest BCUT2D eigenvalue weighted by molar-refractivity contribution is 5.92. The van der Waals surface area contributed by atoms with Gasteiger partial charge >= 0.3 is 6.09 Å². The van der Waals surface area contributed by atoms with Gasteiger partial charge in [0.05, 0.1) is 0 Å². The molecular weight excluding hydrogens is 532 g/mol. The molecule has 230 valence electrons. The maximum absolute atomic E-state index is 14.3. The van der Waals surface area contributed by atoms with Gasteiger partial charge in [0.25, 0.3) is 0 Å².